The minimum Gasteiger partial charge on any atom is -0.481 e. The summed E-state index contributed by atoms with van der Waals surface area (Å²) in [5.41, 5.74) is 6.09. The van der Waals surface area contributed by atoms with Gasteiger partial charge in [-0.15, -0.1) is 0 Å². The SMILES string of the molecule is CC(C)c1cc(-c2cccc(C(C)C(C(=O)O)c3ccncc3)c2)c2ncccc2c1. The topological polar surface area (TPSA) is 63.1 Å². The number of rotatable bonds is 6. The Morgan fingerprint density at radius 2 is 1.61 bits per heavy atom. The van der Waals surface area contributed by atoms with Crippen LogP contribution >= 0.6 is 0 Å². The van der Waals surface area contributed by atoms with Gasteiger partial charge in [-0.1, -0.05) is 51.1 Å². The standard InChI is InChI=1S/C27H26N2O2/c1-17(2)23-15-22-8-5-11-29-26(22)24(16-23)21-7-4-6-20(14-21)18(3)25(27(30)31)19-9-12-28-13-10-19/h4-18,25H,1-3H3,(H,30,31). The second kappa shape index (κ2) is 8.68. The molecule has 0 saturated carbocycles. The summed E-state index contributed by atoms with van der Waals surface area (Å²) in [7, 11) is 0. The van der Waals surface area contributed by atoms with Crippen LogP contribution in [0.1, 0.15) is 55.2 Å². The van der Waals surface area contributed by atoms with Crippen molar-refractivity contribution < 1.29 is 9.90 Å². The molecule has 0 aliphatic rings. The quantitative estimate of drug-likeness (QED) is 0.400. The second-order valence-electron chi connectivity index (χ2n) is 8.31. The van der Waals surface area contributed by atoms with Crippen molar-refractivity contribution in [3.05, 3.63) is 95.9 Å². The zero-order chi connectivity index (χ0) is 22.0. The molecule has 4 nitrogen and oxygen atoms in total. The number of carboxylic acids is 1. The first-order valence-electron chi connectivity index (χ1n) is 10.6. The molecule has 4 aromatic rings. The fraction of sp³-hybridized carbons (Fsp3) is 0.222. The van der Waals surface area contributed by atoms with E-state index in [0.717, 1.165) is 33.2 Å². The molecule has 4 heteroatoms. The average Bonchev–Trinajstić information content (AvgIpc) is 2.79. The molecule has 156 valence electrons. The Hall–Kier alpha value is -3.53. The summed E-state index contributed by atoms with van der Waals surface area (Å²) in [4.78, 5) is 20.8. The van der Waals surface area contributed by atoms with Crippen molar-refractivity contribution in [1.29, 1.82) is 0 Å². The second-order valence-corrected chi connectivity index (χ2v) is 8.31. The summed E-state index contributed by atoms with van der Waals surface area (Å²) in [6.45, 7) is 6.34. The highest BCUT2D eigenvalue weighted by Gasteiger charge is 2.28. The maximum Gasteiger partial charge on any atom is 0.311 e. The number of carboxylic acid groups (broad SMARTS) is 1. The fourth-order valence-electron chi connectivity index (χ4n) is 4.17. The summed E-state index contributed by atoms with van der Waals surface area (Å²) in [5.74, 6) is -1.28. The molecule has 0 aliphatic carbocycles. The Balaban J connectivity index is 1.81. The zero-order valence-electron chi connectivity index (χ0n) is 18.0. The van der Waals surface area contributed by atoms with Gasteiger partial charge in [-0.2, -0.15) is 0 Å². The molecular weight excluding hydrogens is 384 g/mol. The van der Waals surface area contributed by atoms with Crippen LogP contribution in [-0.4, -0.2) is 21.0 Å². The van der Waals surface area contributed by atoms with Gasteiger partial charge >= 0.3 is 5.97 Å². The molecular formula is C27H26N2O2. The number of pyridine rings is 2. The fourth-order valence-corrected chi connectivity index (χ4v) is 4.17. The molecule has 2 aromatic carbocycles. The third-order valence-electron chi connectivity index (χ3n) is 5.95. The van der Waals surface area contributed by atoms with Gasteiger partial charge in [-0.05, 0) is 64.4 Å². The maximum atomic E-state index is 12.1. The third-order valence-corrected chi connectivity index (χ3v) is 5.95. The maximum absolute atomic E-state index is 12.1. The highest BCUT2D eigenvalue weighted by Crippen LogP contribution is 2.36. The van der Waals surface area contributed by atoms with Crippen molar-refractivity contribution in [3.63, 3.8) is 0 Å². The molecule has 0 saturated heterocycles. The van der Waals surface area contributed by atoms with Crippen molar-refractivity contribution in [2.45, 2.75) is 38.5 Å². The smallest absolute Gasteiger partial charge is 0.311 e. The molecule has 0 amide bonds. The van der Waals surface area contributed by atoms with Gasteiger partial charge in [0, 0.05) is 29.5 Å². The lowest BCUT2D eigenvalue weighted by atomic mass is 9.82. The molecule has 2 aromatic heterocycles. The Morgan fingerprint density at radius 3 is 2.32 bits per heavy atom. The lowest BCUT2D eigenvalue weighted by Crippen LogP contribution is -2.18. The van der Waals surface area contributed by atoms with Crippen LogP contribution < -0.4 is 0 Å². The van der Waals surface area contributed by atoms with Gasteiger partial charge in [0.05, 0.1) is 11.4 Å². The zero-order valence-corrected chi connectivity index (χ0v) is 18.0. The Bertz CT molecular complexity index is 1220. The molecule has 2 heterocycles. The van der Waals surface area contributed by atoms with Crippen LogP contribution in [0.5, 0.6) is 0 Å². The highest BCUT2D eigenvalue weighted by molar-refractivity contribution is 5.94. The summed E-state index contributed by atoms with van der Waals surface area (Å²) >= 11 is 0. The van der Waals surface area contributed by atoms with Gasteiger partial charge in [0.2, 0.25) is 0 Å². The van der Waals surface area contributed by atoms with E-state index >= 15 is 0 Å². The van der Waals surface area contributed by atoms with Crippen molar-refractivity contribution in [2.75, 3.05) is 0 Å². The van der Waals surface area contributed by atoms with Crippen LogP contribution in [0.4, 0.5) is 0 Å². The van der Waals surface area contributed by atoms with Gasteiger partial charge in [0.15, 0.2) is 0 Å². The summed E-state index contributed by atoms with van der Waals surface area (Å²) in [5, 5.41) is 11.1. The Morgan fingerprint density at radius 1 is 0.839 bits per heavy atom. The van der Waals surface area contributed by atoms with E-state index < -0.39 is 11.9 Å². The molecule has 0 radical (unpaired) electrons. The molecule has 2 atom stereocenters. The average molecular weight is 411 g/mol. The molecule has 4 rings (SSSR count). The lowest BCUT2D eigenvalue weighted by molar-refractivity contribution is -0.139. The minimum atomic E-state index is -0.835. The first kappa shape index (κ1) is 20.7. The van der Waals surface area contributed by atoms with E-state index in [1.165, 1.54) is 5.56 Å². The largest absolute Gasteiger partial charge is 0.481 e. The summed E-state index contributed by atoms with van der Waals surface area (Å²) in [6, 6.07) is 20.2. The summed E-state index contributed by atoms with van der Waals surface area (Å²) in [6.07, 6.45) is 5.10. The number of nitrogens with zero attached hydrogens (tertiary/aromatic N) is 2. The Labute approximate surface area is 182 Å². The van der Waals surface area contributed by atoms with Crippen LogP contribution in [0.25, 0.3) is 22.0 Å². The van der Waals surface area contributed by atoms with Crippen LogP contribution in [0.3, 0.4) is 0 Å². The van der Waals surface area contributed by atoms with Crippen LogP contribution in [-0.2, 0) is 4.79 Å². The van der Waals surface area contributed by atoms with E-state index in [9.17, 15) is 9.90 Å². The van der Waals surface area contributed by atoms with Crippen molar-refractivity contribution in [1.82, 2.24) is 9.97 Å². The summed E-state index contributed by atoms with van der Waals surface area (Å²) < 4.78 is 0. The molecule has 0 bridgehead atoms. The van der Waals surface area contributed by atoms with Crippen molar-refractivity contribution in [3.8, 4) is 11.1 Å². The van der Waals surface area contributed by atoms with Crippen LogP contribution in [0.15, 0.2) is 79.3 Å². The first-order valence-corrected chi connectivity index (χ1v) is 10.6. The molecule has 0 aliphatic heterocycles. The van der Waals surface area contributed by atoms with Gasteiger partial charge < -0.3 is 5.11 Å². The number of aliphatic carboxylic acids is 1. The first-order chi connectivity index (χ1) is 15.0. The van der Waals surface area contributed by atoms with Gasteiger partial charge in [-0.25, -0.2) is 0 Å². The van der Waals surface area contributed by atoms with E-state index in [1.807, 2.05) is 31.3 Å². The Kier molecular flexibility index (Phi) is 5.81. The van der Waals surface area contributed by atoms with E-state index in [4.69, 9.17) is 0 Å². The van der Waals surface area contributed by atoms with Gasteiger partial charge in [0.1, 0.15) is 0 Å². The molecule has 2 unspecified atom stereocenters. The number of carbonyl (C=O) groups is 1. The number of aromatic nitrogens is 2. The van der Waals surface area contributed by atoms with E-state index in [0.29, 0.717) is 5.92 Å². The van der Waals surface area contributed by atoms with Crippen molar-refractivity contribution >= 4 is 16.9 Å². The van der Waals surface area contributed by atoms with Crippen LogP contribution in [0, 0.1) is 0 Å². The number of benzene rings is 2. The molecule has 31 heavy (non-hydrogen) atoms. The van der Waals surface area contributed by atoms with Crippen LogP contribution in [0.2, 0.25) is 0 Å². The van der Waals surface area contributed by atoms with Gasteiger partial charge in [0.25, 0.3) is 0 Å². The number of fused-ring (bicyclic) bond motifs is 1. The predicted molar refractivity (Wildman–Crippen MR) is 124 cm³/mol. The molecule has 0 fully saturated rings. The number of hydrogen-bond acceptors (Lipinski definition) is 3. The van der Waals surface area contributed by atoms with Gasteiger partial charge in [-0.3, -0.25) is 14.8 Å². The lowest BCUT2D eigenvalue weighted by Gasteiger charge is -2.22. The normalized spacial score (nSPS) is 13.3. The van der Waals surface area contributed by atoms with Crippen molar-refractivity contribution in [2.24, 2.45) is 0 Å². The third kappa shape index (κ3) is 4.19. The number of hydrogen-bond donors (Lipinski definition) is 1. The monoisotopic (exact) mass is 410 g/mol. The van der Waals surface area contributed by atoms with E-state index in [-0.39, 0.29) is 5.92 Å². The molecule has 1 N–H and O–H groups in total. The molecule has 0 spiro atoms. The van der Waals surface area contributed by atoms with E-state index in [2.05, 4.69) is 54.1 Å². The highest BCUT2D eigenvalue weighted by atomic mass is 16.4. The van der Waals surface area contributed by atoms with E-state index in [1.54, 1.807) is 24.5 Å². The minimum absolute atomic E-state index is 0.202. The predicted octanol–water partition coefficient (Wildman–Crippen LogP) is 6.39.